The maximum atomic E-state index is 12.7. The number of fused-ring (bicyclic) bond motifs is 1. The maximum Gasteiger partial charge on any atom is 0.268 e. The fourth-order valence-electron chi connectivity index (χ4n) is 3.14. The summed E-state index contributed by atoms with van der Waals surface area (Å²) >= 11 is 0. The molecule has 0 atom stereocenters. The molecule has 3 aromatic rings. The Balaban J connectivity index is 1.81. The molecular formula is C22H23N5O2. The van der Waals surface area contributed by atoms with Crippen LogP contribution >= 0.6 is 0 Å². The predicted octanol–water partition coefficient (Wildman–Crippen LogP) is 2.21. The Hall–Kier alpha value is -3.87. The minimum atomic E-state index is -0.478. The highest BCUT2D eigenvalue weighted by molar-refractivity contribution is 6.10. The van der Waals surface area contributed by atoms with Crippen LogP contribution in [0, 0.1) is 0 Å². The normalized spacial score (nSPS) is 11.9. The van der Waals surface area contributed by atoms with E-state index in [2.05, 4.69) is 10.3 Å². The molecule has 1 aromatic heterocycles. The molecule has 7 nitrogen and oxygen atoms in total. The fraction of sp³-hybridized carbons (Fsp3) is 0.136. The lowest BCUT2D eigenvalue weighted by Gasteiger charge is -2.08. The third-order valence-electron chi connectivity index (χ3n) is 4.75. The van der Waals surface area contributed by atoms with Gasteiger partial charge in [-0.1, -0.05) is 24.3 Å². The molecule has 0 saturated heterocycles. The molecule has 0 aliphatic rings. The summed E-state index contributed by atoms with van der Waals surface area (Å²) in [5, 5.41) is 3.86. The van der Waals surface area contributed by atoms with Crippen molar-refractivity contribution >= 4 is 34.5 Å². The van der Waals surface area contributed by atoms with Crippen molar-refractivity contribution in [1.82, 2.24) is 9.88 Å². The van der Waals surface area contributed by atoms with Gasteiger partial charge in [0.05, 0.1) is 0 Å². The molecule has 29 heavy (non-hydrogen) atoms. The molecule has 0 spiro atoms. The average Bonchev–Trinajstić information content (AvgIpc) is 3.06. The van der Waals surface area contributed by atoms with Gasteiger partial charge in [0.25, 0.3) is 5.91 Å². The van der Waals surface area contributed by atoms with Gasteiger partial charge in [0.2, 0.25) is 5.91 Å². The van der Waals surface area contributed by atoms with Crippen molar-refractivity contribution in [1.29, 1.82) is 0 Å². The fourth-order valence-corrected chi connectivity index (χ4v) is 3.14. The highest BCUT2D eigenvalue weighted by Gasteiger charge is 2.14. The summed E-state index contributed by atoms with van der Waals surface area (Å²) < 4.78 is 1.85. The lowest BCUT2D eigenvalue weighted by atomic mass is 10.1. The van der Waals surface area contributed by atoms with E-state index in [4.69, 9.17) is 11.5 Å². The van der Waals surface area contributed by atoms with Crippen LogP contribution in [-0.4, -0.2) is 29.6 Å². The first-order chi connectivity index (χ1) is 13.9. The Morgan fingerprint density at radius 3 is 2.41 bits per heavy atom. The van der Waals surface area contributed by atoms with Crippen molar-refractivity contribution in [2.45, 2.75) is 6.54 Å². The van der Waals surface area contributed by atoms with Gasteiger partial charge in [-0.3, -0.25) is 14.6 Å². The molecule has 3 rings (SSSR count). The van der Waals surface area contributed by atoms with E-state index in [1.165, 1.54) is 6.20 Å². The molecule has 0 saturated carbocycles. The number of amides is 2. The maximum absolute atomic E-state index is 12.7. The first-order valence-electron chi connectivity index (χ1n) is 9.05. The van der Waals surface area contributed by atoms with E-state index < -0.39 is 5.91 Å². The Labute approximate surface area is 168 Å². The summed E-state index contributed by atoms with van der Waals surface area (Å²) in [6.07, 6.45) is 3.20. The van der Waals surface area contributed by atoms with E-state index >= 15 is 0 Å². The van der Waals surface area contributed by atoms with Crippen LogP contribution in [0.2, 0.25) is 0 Å². The Morgan fingerprint density at radius 2 is 1.79 bits per heavy atom. The number of nitrogens with zero attached hydrogens (tertiary/aromatic N) is 2. The van der Waals surface area contributed by atoms with E-state index in [0.29, 0.717) is 17.8 Å². The summed E-state index contributed by atoms with van der Waals surface area (Å²) in [7, 11) is 3.54. The topological polar surface area (TPSA) is 116 Å². The second-order valence-corrected chi connectivity index (χ2v) is 6.62. The van der Waals surface area contributed by atoms with Crippen molar-refractivity contribution in [3.63, 3.8) is 0 Å². The summed E-state index contributed by atoms with van der Waals surface area (Å²) in [6, 6.07) is 14.6. The smallest absolute Gasteiger partial charge is 0.268 e. The van der Waals surface area contributed by atoms with Crippen molar-refractivity contribution < 1.29 is 9.59 Å². The SMILES string of the molecule is CN=C/C(=C\N)c1ccc2cc(C(=O)NCc3ccc(C(N)=O)cc3)n(C)c2c1. The van der Waals surface area contributed by atoms with Gasteiger partial charge in [0.15, 0.2) is 0 Å². The van der Waals surface area contributed by atoms with E-state index in [1.54, 1.807) is 37.5 Å². The number of carbonyl (C=O) groups excluding carboxylic acids is 2. The molecule has 7 heteroatoms. The number of aromatic nitrogens is 1. The number of nitrogens with one attached hydrogen (secondary N) is 1. The number of benzene rings is 2. The minimum Gasteiger partial charge on any atom is -0.404 e. The Morgan fingerprint density at radius 1 is 1.10 bits per heavy atom. The predicted molar refractivity (Wildman–Crippen MR) is 116 cm³/mol. The third kappa shape index (κ3) is 4.19. The number of hydrogen-bond donors (Lipinski definition) is 3. The molecular weight excluding hydrogens is 366 g/mol. The molecule has 0 radical (unpaired) electrons. The lowest BCUT2D eigenvalue weighted by Crippen LogP contribution is -2.24. The first kappa shape index (κ1) is 19.9. The molecule has 5 N–H and O–H groups in total. The van der Waals surface area contributed by atoms with Crippen molar-refractivity contribution in [3.05, 3.63) is 77.1 Å². The van der Waals surface area contributed by atoms with E-state index in [0.717, 1.165) is 27.6 Å². The van der Waals surface area contributed by atoms with Crippen LogP contribution in [0.4, 0.5) is 0 Å². The molecule has 0 fully saturated rings. The van der Waals surface area contributed by atoms with Crippen LogP contribution in [0.1, 0.15) is 32.0 Å². The molecule has 0 aliphatic heterocycles. The number of carbonyl (C=O) groups is 2. The second-order valence-electron chi connectivity index (χ2n) is 6.62. The van der Waals surface area contributed by atoms with Crippen LogP contribution in [0.25, 0.3) is 16.5 Å². The number of rotatable bonds is 6. The van der Waals surface area contributed by atoms with Crippen molar-refractivity contribution in [2.75, 3.05) is 7.05 Å². The zero-order valence-corrected chi connectivity index (χ0v) is 16.3. The van der Waals surface area contributed by atoms with Gasteiger partial charge >= 0.3 is 0 Å². The Bertz CT molecular complexity index is 1120. The van der Waals surface area contributed by atoms with Gasteiger partial charge in [0.1, 0.15) is 5.69 Å². The summed E-state index contributed by atoms with van der Waals surface area (Å²) in [6.45, 7) is 0.345. The number of aryl methyl sites for hydroxylation is 1. The van der Waals surface area contributed by atoms with Crippen LogP contribution in [-0.2, 0) is 13.6 Å². The summed E-state index contributed by atoms with van der Waals surface area (Å²) in [5.41, 5.74) is 15.4. The quantitative estimate of drug-likeness (QED) is 0.561. The largest absolute Gasteiger partial charge is 0.404 e. The van der Waals surface area contributed by atoms with Gasteiger partial charge in [-0.2, -0.15) is 0 Å². The van der Waals surface area contributed by atoms with Crippen molar-refractivity contribution in [3.8, 4) is 0 Å². The molecule has 0 aliphatic carbocycles. The minimum absolute atomic E-state index is 0.186. The van der Waals surface area contributed by atoms with Gasteiger partial charge in [-0.15, -0.1) is 0 Å². The number of primary amides is 1. The summed E-state index contributed by atoms with van der Waals surface area (Å²) in [4.78, 5) is 27.9. The monoisotopic (exact) mass is 389 g/mol. The van der Waals surface area contributed by atoms with Crippen LogP contribution < -0.4 is 16.8 Å². The standard InChI is InChI=1S/C22H23N5O2/c1-25-13-18(11-23)16-7-8-17-10-20(27(2)19(17)9-16)22(29)26-12-14-3-5-15(6-4-14)21(24)28/h3-11,13H,12,23H2,1-2H3,(H2,24,28)(H,26,29)/b18-11+,25-13?. The third-order valence-corrected chi connectivity index (χ3v) is 4.75. The number of nitrogens with two attached hydrogens (primary N) is 2. The second kappa shape index (κ2) is 8.43. The van der Waals surface area contributed by atoms with Gasteiger partial charge in [0, 0.05) is 55.1 Å². The Kier molecular flexibility index (Phi) is 5.78. The zero-order valence-electron chi connectivity index (χ0n) is 16.3. The van der Waals surface area contributed by atoms with Gasteiger partial charge in [-0.05, 0) is 35.4 Å². The number of hydrogen-bond acceptors (Lipinski definition) is 4. The van der Waals surface area contributed by atoms with E-state index in [9.17, 15) is 9.59 Å². The van der Waals surface area contributed by atoms with Gasteiger partial charge < -0.3 is 21.4 Å². The molecule has 0 bridgehead atoms. The highest BCUT2D eigenvalue weighted by atomic mass is 16.2. The van der Waals surface area contributed by atoms with Gasteiger partial charge in [-0.25, -0.2) is 0 Å². The molecule has 148 valence electrons. The zero-order chi connectivity index (χ0) is 21.0. The van der Waals surface area contributed by atoms with Crippen molar-refractivity contribution in [2.24, 2.45) is 23.5 Å². The van der Waals surface area contributed by atoms with E-state index in [1.807, 2.05) is 35.9 Å². The molecule has 2 amide bonds. The highest BCUT2D eigenvalue weighted by Crippen LogP contribution is 2.23. The summed E-state index contributed by atoms with van der Waals surface area (Å²) in [5.74, 6) is -0.665. The molecule has 1 heterocycles. The average molecular weight is 389 g/mol. The number of allylic oxidation sites excluding steroid dienone is 1. The van der Waals surface area contributed by atoms with Crippen LogP contribution in [0.3, 0.4) is 0 Å². The number of aliphatic imine (C=N–C) groups is 1. The molecule has 0 unspecified atom stereocenters. The molecule has 2 aromatic carbocycles. The van der Waals surface area contributed by atoms with Crippen LogP contribution in [0.5, 0.6) is 0 Å². The first-order valence-corrected chi connectivity index (χ1v) is 9.05. The van der Waals surface area contributed by atoms with E-state index in [-0.39, 0.29) is 5.91 Å². The lowest BCUT2D eigenvalue weighted by molar-refractivity contribution is 0.0941. The van der Waals surface area contributed by atoms with Crippen LogP contribution in [0.15, 0.2) is 59.7 Å².